The minimum atomic E-state index is -0.665. The van der Waals surface area contributed by atoms with Crippen LogP contribution in [0.4, 0.5) is 0 Å². The molecule has 1 atom stereocenters. The summed E-state index contributed by atoms with van der Waals surface area (Å²) in [5.41, 5.74) is 2.51. The van der Waals surface area contributed by atoms with Gasteiger partial charge in [-0.1, -0.05) is 45.0 Å². The minimum Gasteiger partial charge on any atom is -0.507 e. The summed E-state index contributed by atoms with van der Waals surface area (Å²) in [6.45, 7) is 14.2. The van der Waals surface area contributed by atoms with Gasteiger partial charge in [0.25, 0.3) is 11.7 Å². The molecule has 0 radical (unpaired) electrons. The predicted octanol–water partition coefficient (Wildman–Crippen LogP) is 4.53. The predicted molar refractivity (Wildman–Crippen MR) is 144 cm³/mol. The average Bonchev–Trinajstić information content (AvgIpc) is 3.12. The number of likely N-dealkylation sites (tertiary alicyclic amines) is 1. The molecule has 198 valence electrons. The van der Waals surface area contributed by atoms with E-state index in [0.717, 1.165) is 24.2 Å². The van der Waals surface area contributed by atoms with Gasteiger partial charge in [-0.15, -0.1) is 0 Å². The lowest BCUT2D eigenvalue weighted by atomic mass is 9.85. The zero-order chi connectivity index (χ0) is 26.7. The maximum atomic E-state index is 13.3. The number of carbonyl (C=O) groups excluding carboxylic acids is 2. The highest BCUT2D eigenvalue weighted by Crippen LogP contribution is 2.40. The fourth-order valence-electron chi connectivity index (χ4n) is 4.82. The van der Waals surface area contributed by atoms with Gasteiger partial charge in [0.2, 0.25) is 0 Å². The quantitative estimate of drug-likeness (QED) is 0.338. The Morgan fingerprint density at radius 2 is 1.62 bits per heavy atom. The number of carbonyl (C=O) groups is 2. The largest absolute Gasteiger partial charge is 0.507 e. The normalized spacial score (nSPS) is 20.6. The highest BCUT2D eigenvalue weighted by atomic mass is 16.5. The van der Waals surface area contributed by atoms with Gasteiger partial charge in [0, 0.05) is 31.7 Å². The van der Waals surface area contributed by atoms with E-state index in [9.17, 15) is 14.7 Å². The van der Waals surface area contributed by atoms with Crippen molar-refractivity contribution in [2.45, 2.75) is 52.2 Å². The number of morpholine rings is 1. The van der Waals surface area contributed by atoms with Crippen LogP contribution < -0.4 is 4.74 Å². The van der Waals surface area contributed by atoms with Crippen LogP contribution in [0.5, 0.6) is 5.75 Å². The van der Waals surface area contributed by atoms with Gasteiger partial charge in [-0.25, -0.2) is 0 Å². The number of rotatable bonds is 7. The Morgan fingerprint density at radius 1 is 1.00 bits per heavy atom. The molecule has 2 aromatic carbocycles. The number of hydrogen-bond donors (Lipinski definition) is 1. The van der Waals surface area contributed by atoms with Gasteiger partial charge >= 0.3 is 0 Å². The van der Waals surface area contributed by atoms with Crippen LogP contribution in [0.15, 0.2) is 54.1 Å². The highest BCUT2D eigenvalue weighted by Gasteiger charge is 2.46. The van der Waals surface area contributed by atoms with Crippen molar-refractivity contribution < 1.29 is 24.2 Å². The number of hydrogen-bond acceptors (Lipinski definition) is 6. The SMILES string of the molecule is CC(C)Oc1ccc(C(O)=C2C(=O)C(=O)N(CCN3CCOCC3)C2c2ccc(C(C)(C)C)cc2)cc1. The first kappa shape index (κ1) is 26.9. The third-order valence-corrected chi connectivity index (χ3v) is 6.89. The van der Waals surface area contributed by atoms with E-state index in [1.165, 1.54) is 0 Å². The average molecular weight is 507 g/mol. The lowest BCUT2D eigenvalue weighted by molar-refractivity contribution is -0.140. The standard InChI is InChI=1S/C30H38N2O5/c1-20(2)37-24-12-8-22(9-13-24)27(33)25-26(21-6-10-23(11-7-21)30(3,4)5)32(29(35)28(25)34)15-14-31-16-18-36-19-17-31/h6-13,20,26,33H,14-19H2,1-5H3. The summed E-state index contributed by atoms with van der Waals surface area (Å²) in [7, 11) is 0. The first-order valence-electron chi connectivity index (χ1n) is 13.0. The lowest BCUT2D eigenvalue weighted by Crippen LogP contribution is -2.42. The molecular weight excluding hydrogens is 468 g/mol. The number of amides is 1. The first-order valence-corrected chi connectivity index (χ1v) is 13.0. The summed E-state index contributed by atoms with van der Waals surface area (Å²) in [5, 5.41) is 11.3. The molecule has 1 amide bonds. The van der Waals surface area contributed by atoms with Crippen LogP contribution in [-0.4, -0.2) is 72.1 Å². The molecule has 37 heavy (non-hydrogen) atoms. The molecule has 0 saturated carbocycles. The number of ketones is 1. The van der Waals surface area contributed by atoms with Crippen LogP contribution >= 0.6 is 0 Å². The molecule has 0 spiro atoms. The Hall–Kier alpha value is -3.16. The monoisotopic (exact) mass is 506 g/mol. The van der Waals surface area contributed by atoms with Gasteiger partial charge in [-0.05, 0) is 54.7 Å². The third-order valence-electron chi connectivity index (χ3n) is 6.89. The Labute approximate surface area is 219 Å². The minimum absolute atomic E-state index is 0.0207. The van der Waals surface area contributed by atoms with Gasteiger partial charge in [0.05, 0.1) is 30.9 Å². The smallest absolute Gasteiger partial charge is 0.295 e. The van der Waals surface area contributed by atoms with Gasteiger partial charge in [-0.2, -0.15) is 0 Å². The Bertz CT molecular complexity index is 1140. The third kappa shape index (κ3) is 6.05. The zero-order valence-electron chi connectivity index (χ0n) is 22.5. The summed E-state index contributed by atoms with van der Waals surface area (Å²) in [6, 6.07) is 14.3. The second-order valence-electron chi connectivity index (χ2n) is 11.0. The molecule has 2 aromatic rings. The number of nitrogens with zero attached hydrogens (tertiary/aromatic N) is 2. The summed E-state index contributed by atoms with van der Waals surface area (Å²) < 4.78 is 11.1. The van der Waals surface area contributed by atoms with Crippen LogP contribution in [0, 0.1) is 0 Å². The van der Waals surface area contributed by atoms with Crippen LogP contribution in [0.1, 0.15) is 57.4 Å². The molecule has 2 aliphatic rings. The molecule has 2 heterocycles. The van der Waals surface area contributed by atoms with Crippen LogP contribution in [0.3, 0.4) is 0 Å². The fourth-order valence-corrected chi connectivity index (χ4v) is 4.82. The molecule has 0 bridgehead atoms. The summed E-state index contributed by atoms with van der Waals surface area (Å²) in [6.07, 6.45) is 0.0207. The van der Waals surface area contributed by atoms with E-state index in [1.807, 2.05) is 38.1 Å². The van der Waals surface area contributed by atoms with E-state index in [0.29, 0.717) is 37.6 Å². The van der Waals surface area contributed by atoms with Crippen molar-refractivity contribution in [3.63, 3.8) is 0 Å². The Balaban J connectivity index is 1.72. The molecule has 7 heteroatoms. The van der Waals surface area contributed by atoms with Gasteiger partial charge in [-0.3, -0.25) is 14.5 Å². The van der Waals surface area contributed by atoms with Crippen molar-refractivity contribution in [2.75, 3.05) is 39.4 Å². The molecule has 2 saturated heterocycles. The van der Waals surface area contributed by atoms with Crippen molar-refractivity contribution in [1.82, 2.24) is 9.80 Å². The highest BCUT2D eigenvalue weighted by molar-refractivity contribution is 6.46. The van der Waals surface area contributed by atoms with E-state index >= 15 is 0 Å². The molecule has 7 nitrogen and oxygen atoms in total. The number of ether oxygens (including phenoxy) is 2. The summed E-state index contributed by atoms with van der Waals surface area (Å²) in [4.78, 5) is 30.4. The zero-order valence-corrected chi connectivity index (χ0v) is 22.5. The van der Waals surface area contributed by atoms with E-state index in [1.54, 1.807) is 29.2 Å². The number of Topliss-reactive ketones (excluding diaryl/α,β-unsaturated/α-hetero) is 1. The van der Waals surface area contributed by atoms with E-state index in [-0.39, 0.29) is 22.9 Å². The number of benzene rings is 2. The van der Waals surface area contributed by atoms with Crippen molar-refractivity contribution >= 4 is 17.4 Å². The number of aliphatic hydroxyl groups excluding tert-OH is 1. The van der Waals surface area contributed by atoms with Gasteiger partial charge in [0.15, 0.2) is 0 Å². The van der Waals surface area contributed by atoms with Crippen molar-refractivity contribution in [3.8, 4) is 5.75 Å². The molecule has 4 rings (SSSR count). The van der Waals surface area contributed by atoms with Crippen LogP contribution in [0.25, 0.3) is 5.76 Å². The van der Waals surface area contributed by atoms with Crippen LogP contribution in [-0.2, 0) is 19.7 Å². The maximum absolute atomic E-state index is 13.3. The summed E-state index contributed by atoms with van der Waals surface area (Å²) in [5.74, 6) is -0.744. The van der Waals surface area contributed by atoms with Crippen molar-refractivity contribution in [1.29, 1.82) is 0 Å². The Morgan fingerprint density at radius 3 is 2.19 bits per heavy atom. The van der Waals surface area contributed by atoms with Gasteiger partial charge in [0.1, 0.15) is 11.5 Å². The van der Waals surface area contributed by atoms with Gasteiger partial charge < -0.3 is 19.5 Å². The van der Waals surface area contributed by atoms with Crippen molar-refractivity contribution in [2.24, 2.45) is 0 Å². The van der Waals surface area contributed by atoms with E-state index < -0.39 is 17.7 Å². The molecule has 2 fully saturated rings. The van der Waals surface area contributed by atoms with Crippen molar-refractivity contribution in [3.05, 3.63) is 70.8 Å². The first-order chi connectivity index (χ1) is 17.6. The second kappa shape index (κ2) is 11.1. The van der Waals surface area contributed by atoms with Crippen LogP contribution in [0.2, 0.25) is 0 Å². The second-order valence-corrected chi connectivity index (χ2v) is 11.0. The summed E-state index contributed by atoms with van der Waals surface area (Å²) >= 11 is 0. The molecular formula is C30H38N2O5. The van der Waals surface area contributed by atoms with E-state index in [2.05, 4.69) is 25.7 Å². The molecule has 2 aliphatic heterocycles. The van der Waals surface area contributed by atoms with E-state index in [4.69, 9.17) is 9.47 Å². The molecule has 0 aliphatic carbocycles. The lowest BCUT2D eigenvalue weighted by Gasteiger charge is -2.31. The topological polar surface area (TPSA) is 79.3 Å². The molecule has 0 aromatic heterocycles. The number of aliphatic hydroxyl groups is 1. The molecule has 1 N–H and O–H groups in total. The Kier molecular flexibility index (Phi) is 8.05. The maximum Gasteiger partial charge on any atom is 0.295 e. The fraction of sp³-hybridized carbons (Fsp3) is 0.467. The molecule has 1 unspecified atom stereocenters.